The third-order valence-corrected chi connectivity index (χ3v) is 4.61. The van der Waals surface area contributed by atoms with Crippen molar-refractivity contribution < 1.29 is 14.6 Å². The number of carboxylic acids is 1. The Morgan fingerprint density at radius 2 is 1.77 bits per heavy atom. The molecule has 0 saturated carbocycles. The van der Waals surface area contributed by atoms with Crippen molar-refractivity contribution >= 4 is 47.4 Å². The van der Waals surface area contributed by atoms with Gasteiger partial charge in [0.25, 0.3) is 0 Å². The van der Waals surface area contributed by atoms with Crippen molar-refractivity contribution in [2.45, 2.75) is 6.42 Å². The first-order valence-electron chi connectivity index (χ1n) is 9.18. The van der Waals surface area contributed by atoms with E-state index in [0.717, 1.165) is 40.7 Å². The van der Waals surface area contributed by atoms with Crippen molar-refractivity contribution in [1.29, 1.82) is 0 Å². The van der Waals surface area contributed by atoms with Crippen LogP contribution in [0.25, 0.3) is 22.0 Å². The number of pyridine rings is 1. The smallest absolute Gasteiger partial charge is 0.339 e. The number of fused-ring (bicyclic) bond motifs is 1. The number of hydrogen-bond donors (Lipinski definition) is 2. The van der Waals surface area contributed by atoms with E-state index in [-0.39, 0.29) is 30.4 Å². The standard InChI is InChI=1S/C22H25N3O3.2ClH/c1-25(2)12-4-11-23-21-18-13-16(15-5-8-17(28-3)9-6-15)7-10-20(18)24-14-19(21)22(26)27;;/h5-10,13-14H,4,11-12H2,1-3H3,(H,23,24)(H,26,27);2*1H. The number of halogens is 2. The fourth-order valence-electron chi connectivity index (χ4n) is 3.12. The van der Waals surface area contributed by atoms with E-state index in [0.29, 0.717) is 12.2 Å². The molecule has 0 aliphatic carbocycles. The van der Waals surface area contributed by atoms with Gasteiger partial charge < -0.3 is 20.1 Å². The summed E-state index contributed by atoms with van der Waals surface area (Å²) in [7, 11) is 5.68. The van der Waals surface area contributed by atoms with E-state index in [4.69, 9.17) is 4.74 Å². The Labute approximate surface area is 189 Å². The summed E-state index contributed by atoms with van der Waals surface area (Å²) in [6, 6.07) is 13.7. The van der Waals surface area contributed by atoms with Crippen LogP contribution in [0.3, 0.4) is 0 Å². The number of anilines is 1. The molecule has 1 heterocycles. The van der Waals surface area contributed by atoms with Gasteiger partial charge in [0, 0.05) is 18.1 Å². The number of nitrogens with zero attached hydrogens (tertiary/aromatic N) is 2. The lowest BCUT2D eigenvalue weighted by Gasteiger charge is -2.15. The van der Waals surface area contributed by atoms with Gasteiger partial charge in [-0.1, -0.05) is 18.2 Å². The summed E-state index contributed by atoms with van der Waals surface area (Å²) in [5.74, 6) is -0.193. The third kappa shape index (κ3) is 5.98. The lowest BCUT2D eigenvalue weighted by atomic mass is 10.0. The molecule has 0 amide bonds. The number of nitrogens with one attached hydrogen (secondary N) is 1. The van der Waals surface area contributed by atoms with E-state index >= 15 is 0 Å². The van der Waals surface area contributed by atoms with Crippen molar-refractivity contribution in [1.82, 2.24) is 9.88 Å². The van der Waals surface area contributed by atoms with E-state index in [1.165, 1.54) is 6.20 Å². The number of carboxylic acid groups (broad SMARTS) is 1. The highest BCUT2D eigenvalue weighted by Crippen LogP contribution is 2.31. The van der Waals surface area contributed by atoms with Gasteiger partial charge in [-0.3, -0.25) is 4.98 Å². The molecule has 0 aliphatic heterocycles. The third-order valence-electron chi connectivity index (χ3n) is 4.61. The number of methoxy groups -OCH3 is 1. The molecule has 3 aromatic rings. The van der Waals surface area contributed by atoms with E-state index < -0.39 is 5.97 Å². The van der Waals surface area contributed by atoms with Crippen LogP contribution in [0.2, 0.25) is 0 Å². The maximum Gasteiger partial charge on any atom is 0.339 e. The number of rotatable bonds is 8. The second-order valence-electron chi connectivity index (χ2n) is 6.90. The predicted octanol–water partition coefficient (Wildman–Crippen LogP) is 4.82. The number of carbonyl (C=O) groups is 1. The zero-order valence-corrected chi connectivity index (χ0v) is 18.8. The molecule has 0 fully saturated rings. The van der Waals surface area contributed by atoms with Gasteiger partial charge in [0.2, 0.25) is 0 Å². The summed E-state index contributed by atoms with van der Waals surface area (Å²) >= 11 is 0. The fourth-order valence-corrected chi connectivity index (χ4v) is 3.12. The van der Waals surface area contributed by atoms with Crippen LogP contribution < -0.4 is 10.1 Å². The van der Waals surface area contributed by atoms with Crippen LogP contribution >= 0.6 is 24.8 Å². The molecule has 0 saturated heterocycles. The summed E-state index contributed by atoms with van der Waals surface area (Å²) in [5, 5.41) is 13.7. The van der Waals surface area contributed by atoms with Gasteiger partial charge in [-0.25, -0.2) is 4.79 Å². The number of aromatic nitrogens is 1. The Balaban J connectivity index is 0.00000225. The van der Waals surface area contributed by atoms with Crippen molar-refractivity contribution in [3.05, 3.63) is 54.2 Å². The highest BCUT2D eigenvalue weighted by Gasteiger charge is 2.15. The lowest BCUT2D eigenvalue weighted by Crippen LogP contribution is -2.17. The predicted molar refractivity (Wildman–Crippen MR) is 127 cm³/mol. The van der Waals surface area contributed by atoms with Crippen LogP contribution in [0.15, 0.2) is 48.7 Å². The Bertz CT molecular complexity index is 979. The molecule has 162 valence electrons. The maximum atomic E-state index is 11.7. The molecule has 0 radical (unpaired) electrons. The summed E-state index contributed by atoms with van der Waals surface area (Å²) in [6.07, 6.45) is 2.33. The molecule has 30 heavy (non-hydrogen) atoms. The summed E-state index contributed by atoms with van der Waals surface area (Å²) in [5.41, 5.74) is 3.59. The van der Waals surface area contributed by atoms with E-state index in [1.54, 1.807) is 7.11 Å². The molecule has 2 N–H and O–H groups in total. The van der Waals surface area contributed by atoms with E-state index in [9.17, 15) is 9.90 Å². The first kappa shape index (κ1) is 25.5. The average Bonchev–Trinajstić information content (AvgIpc) is 2.70. The second-order valence-corrected chi connectivity index (χ2v) is 6.90. The molecular formula is C22H27Cl2N3O3. The Morgan fingerprint density at radius 3 is 2.37 bits per heavy atom. The number of ether oxygens (including phenoxy) is 1. The average molecular weight is 452 g/mol. The van der Waals surface area contributed by atoms with Gasteiger partial charge in [-0.05, 0) is 62.5 Å². The number of aromatic carboxylic acids is 1. The van der Waals surface area contributed by atoms with Crippen LogP contribution in [0.4, 0.5) is 5.69 Å². The molecule has 1 aromatic heterocycles. The number of benzene rings is 2. The topological polar surface area (TPSA) is 74.7 Å². The summed E-state index contributed by atoms with van der Waals surface area (Å²) in [6.45, 7) is 1.61. The largest absolute Gasteiger partial charge is 0.497 e. The van der Waals surface area contributed by atoms with Crippen molar-refractivity contribution in [3.63, 3.8) is 0 Å². The first-order chi connectivity index (χ1) is 13.5. The lowest BCUT2D eigenvalue weighted by molar-refractivity contribution is 0.0697. The highest BCUT2D eigenvalue weighted by atomic mass is 35.5. The molecule has 0 spiro atoms. The van der Waals surface area contributed by atoms with Crippen LogP contribution in [0.1, 0.15) is 16.8 Å². The summed E-state index contributed by atoms with van der Waals surface area (Å²) in [4.78, 5) is 18.2. The van der Waals surface area contributed by atoms with Crippen molar-refractivity contribution in [2.24, 2.45) is 0 Å². The molecule has 0 unspecified atom stereocenters. The van der Waals surface area contributed by atoms with E-state index in [1.807, 2.05) is 56.6 Å². The van der Waals surface area contributed by atoms with Gasteiger partial charge in [-0.15, -0.1) is 24.8 Å². The monoisotopic (exact) mass is 451 g/mol. The summed E-state index contributed by atoms with van der Waals surface area (Å²) < 4.78 is 5.22. The molecule has 3 rings (SSSR count). The zero-order chi connectivity index (χ0) is 20.1. The molecule has 8 heteroatoms. The normalized spacial score (nSPS) is 10.3. The molecular weight excluding hydrogens is 425 g/mol. The fraction of sp³-hybridized carbons (Fsp3) is 0.273. The van der Waals surface area contributed by atoms with Crippen LogP contribution in [0, 0.1) is 0 Å². The maximum absolute atomic E-state index is 11.7. The second kappa shape index (κ2) is 11.6. The molecule has 0 aliphatic rings. The minimum Gasteiger partial charge on any atom is -0.497 e. The van der Waals surface area contributed by atoms with Crippen LogP contribution in [-0.2, 0) is 0 Å². The first-order valence-corrected chi connectivity index (χ1v) is 9.18. The van der Waals surface area contributed by atoms with Crippen molar-refractivity contribution in [3.8, 4) is 16.9 Å². The minimum atomic E-state index is -0.987. The minimum absolute atomic E-state index is 0. The van der Waals surface area contributed by atoms with Gasteiger partial charge >= 0.3 is 5.97 Å². The zero-order valence-electron chi connectivity index (χ0n) is 17.2. The van der Waals surface area contributed by atoms with Gasteiger partial charge in [-0.2, -0.15) is 0 Å². The molecule has 0 bridgehead atoms. The highest BCUT2D eigenvalue weighted by molar-refractivity contribution is 6.05. The Hall–Kier alpha value is -2.54. The van der Waals surface area contributed by atoms with Gasteiger partial charge in [0.05, 0.1) is 18.3 Å². The SMILES string of the molecule is COc1ccc(-c2ccc3ncc(C(=O)O)c(NCCCN(C)C)c3c2)cc1.Cl.Cl. The van der Waals surface area contributed by atoms with E-state index in [2.05, 4.69) is 15.2 Å². The Kier molecular flexibility index (Phi) is 9.85. The van der Waals surface area contributed by atoms with Gasteiger partial charge in [0.1, 0.15) is 11.3 Å². The van der Waals surface area contributed by atoms with Gasteiger partial charge in [0.15, 0.2) is 0 Å². The quantitative estimate of drug-likeness (QED) is 0.478. The Morgan fingerprint density at radius 1 is 1.10 bits per heavy atom. The van der Waals surface area contributed by atoms with Crippen LogP contribution in [0.5, 0.6) is 5.75 Å². The van der Waals surface area contributed by atoms with Crippen molar-refractivity contribution in [2.75, 3.05) is 39.6 Å². The van der Waals surface area contributed by atoms with Crippen LogP contribution in [-0.4, -0.2) is 55.3 Å². The molecule has 6 nitrogen and oxygen atoms in total. The number of hydrogen-bond acceptors (Lipinski definition) is 5. The molecule has 2 aromatic carbocycles. The molecule has 0 atom stereocenters.